The Morgan fingerprint density at radius 1 is 1.07 bits per heavy atom. The van der Waals surface area contributed by atoms with Crippen LogP contribution in [0.15, 0.2) is 48.5 Å². The van der Waals surface area contributed by atoms with Crippen LogP contribution in [0.5, 0.6) is 11.5 Å². The maximum Gasteiger partial charge on any atom is 0.227 e. The largest absolute Gasteiger partial charge is 0.497 e. The van der Waals surface area contributed by atoms with Gasteiger partial charge in [-0.3, -0.25) is 9.59 Å². The minimum Gasteiger partial charge on any atom is -0.497 e. The molecule has 0 saturated carbocycles. The Bertz CT molecular complexity index is 833. The molecule has 2 unspecified atom stereocenters. The van der Waals surface area contributed by atoms with Gasteiger partial charge in [-0.1, -0.05) is 12.1 Å². The van der Waals surface area contributed by atoms with Gasteiger partial charge in [0.15, 0.2) is 0 Å². The van der Waals surface area contributed by atoms with Crippen LogP contribution in [0, 0.1) is 5.92 Å². The second-order valence-corrected chi connectivity index (χ2v) is 7.40. The predicted octanol–water partition coefficient (Wildman–Crippen LogP) is 3.19. The third-order valence-electron chi connectivity index (χ3n) is 5.29. The van der Waals surface area contributed by atoms with Gasteiger partial charge in [0.05, 0.1) is 20.1 Å². The van der Waals surface area contributed by atoms with Crippen LogP contribution in [0.2, 0.25) is 0 Å². The smallest absolute Gasteiger partial charge is 0.227 e. The molecule has 1 aliphatic heterocycles. The Balaban J connectivity index is 1.50. The van der Waals surface area contributed by atoms with E-state index >= 15 is 0 Å². The van der Waals surface area contributed by atoms with Crippen LogP contribution >= 0.6 is 0 Å². The number of aryl methyl sites for hydroxylation is 1. The highest BCUT2D eigenvalue weighted by Gasteiger charge is 2.35. The topological polar surface area (TPSA) is 67.9 Å². The van der Waals surface area contributed by atoms with Crippen molar-refractivity contribution in [2.45, 2.75) is 32.2 Å². The molecule has 6 heteroatoms. The number of ether oxygens (including phenoxy) is 2. The first-order valence-corrected chi connectivity index (χ1v) is 9.88. The Morgan fingerprint density at radius 2 is 1.66 bits per heavy atom. The van der Waals surface area contributed by atoms with E-state index < -0.39 is 0 Å². The van der Waals surface area contributed by atoms with Crippen LogP contribution in [0.1, 0.15) is 25.3 Å². The van der Waals surface area contributed by atoms with Gasteiger partial charge in [-0.2, -0.15) is 0 Å². The molecule has 0 bridgehead atoms. The second-order valence-electron chi connectivity index (χ2n) is 7.40. The Labute approximate surface area is 171 Å². The Morgan fingerprint density at radius 3 is 2.24 bits per heavy atom. The lowest BCUT2D eigenvalue weighted by Gasteiger charge is -2.19. The van der Waals surface area contributed by atoms with E-state index in [0.717, 1.165) is 30.0 Å². The average Bonchev–Trinajstić information content (AvgIpc) is 3.14. The van der Waals surface area contributed by atoms with E-state index in [1.165, 1.54) is 5.56 Å². The summed E-state index contributed by atoms with van der Waals surface area (Å²) < 4.78 is 10.3. The third-order valence-corrected chi connectivity index (χ3v) is 5.29. The van der Waals surface area contributed by atoms with Gasteiger partial charge in [0.25, 0.3) is 0 Å². The molecule has 2 amide bonds. The van der Waals surface area contributed by atoms with Crippen LogP contribution in [0.4, 0.5) is 5.69 Å². The standard InChI is InChI=1S/C23H28N2O4/c1-16(4-5-17-6-10-20(28-2)11-7-17)24-23(27)18-14-22(26)25(15-18)19-8-12-21(29-3)13-9-19/h6-13,16,18H,4-5,14-15H2,1-3H3,(H,24,27). The summed E-state index contributed by atoms with van der Waals surface area (Å²) in [6, 6.07) is 15.3. The molecule has 2 aromatic carbocycles. The van der Waals surface area contributed by atoms with Gasteiger partial charge >= 0.3 is 0 Å². The van der Waals surface area contributed by atoms with E-state index in [9.17, 15) is 9.59 Å². The summed E-state index contributed by atoms with van der Waals surface area (Å²) in [6.07, 6.45) is 1.94. The highest BCUT2D eigenvalue weighted by Crippen LogP contribution is 2.27. The molecule has 0 radical (unpaired) electrons. The lowest BCUT2D eigenvalue weighted by molar-refractivity contribution is -0.126. The number of rotatable bonds is 8. The van der Waals surface area contributed by atoms with E-state index in [1.54, 1.807) is 19.1 Å². The van der Waals surface area contributed by atoms with E-state index in [4.69, 9.17) is 9.47 Å². The average molecular weight is 396 g/mol. The third kappa shape index (κ3) is 5.28. The van der Waals surface area contributed by atoms with Gasteiger partial charge in [0.2, 0.25) is 11.8 Å². The van der Waals surface area contributed by atoms with Crippen molar-refractivity contribution in [1.29, 1.82) is 0 Å². The molecule has 3 rings (SSSR count). The first-order valence-electron chi connectivity index (χ1n) is 9.88. The number of carbonyl (C=O) groups excluding carboxylic acids is 2. The fourth-order valence-electron chi connectivity index (χ4n) is 3.50. The molecule has 2 aromatic rings. The predicted molar refractivity (Wildman–Crippen MR) is 112 cm³/mol. The lowest BCUT2D eigenvalue weighted by Crippen LogP contribution is -2.38. The van der Waals surface area contributed by atoms with Crippen molar-refractivity contribution in [3.05, 3.63) is 54.1 Å². The Hall–Kier alpha value is -3.02. The first-order chi connectivity index (χ1) is 14.0. The number of methoxy groups -OCH3 is 2. The van der Waals surface area contributed by atoms with Gasteiger partial charge in [-0.05, 0) is 61.7 Å². The molecule has 1 fully saturated rings. The molecule has 1 N–H and O–H groups in total. The SMILES string of the molecule is COc1ccc(CCC(C)NC(=O)C2CC(=O)N(c3ccc(OC)cc3)C2)cc1. The second kappa shape index (κ2) is 9.45. The number of amides is 2. The molecule has 1 saturated heterocycles. The minimum atomic E-state index is -0.326. The molecule has 29 heavy (non-hydrogen) atoms. The maximum atomic E-state index is 12.6. The molecule has 0 spiro atoms. The fraction of sp³-hybridized carbons (Fsp3) is 0.391. The molecule has 2 atom stereocenters. The normalized spacial score (nSPS) is 17.1. The van der Waals surface area contributed by atoms with E-state index in [0.29, 0.717) is 6.54 Å². The van der Waals surface area contributed by atoms with Crippen molar-refractivity contribution < 1.29 is 19.1 Å². The summed E-state index contributed by atoms with van der Waals surface area (Å²) in [6.45, 7) is 2.40. The molecular weight excluding hydrogens is 368 g/mol. The number of hydrogen-bond acceptors (Lipinski definition) is 4. The summed E-state index contributed by atoms with van der Waals surface area (Å²) in [4.78, 5) is 26.7. The van der Waals surface area contributed by atoms with Crippen molar-refractivity contribution in [1.82, 2.24) is 5.32 Å². The van der Waals surface area contributed by atoms with Crippen LogP contribution in [0.3, 0.4) is 0 Å². The van der Waals surface area contributed by atoms with Crippen LogP contribution in [-0.2, 0) is 16.0 Å². The number of carbonyl (C=O) groups is 2. The van der Waals surface area contributed by atoms with Gasteiger partial charge in [0.1, 0.15) is 11.5 Å². The quantitative estimate of drug-likeness (QED) is 0.744. The van der Waals surface area contributed by atoms with E-state index in [-0.39, 0.29) is 30.2 Å². The fourth-order valence-corrected chi connectivity index (χ4v) is 3.50. The molecule has 6 nitrogen and oxygen atoms in total. The van der Waals surface area contributed by atoms with Gasteiger partial charge in [0, 0.05) is 24.7 Å². The molecule has 1 aliphatic rings. The summed E-state index contributed by atoms with van der Waals surface area (Å²) in [5.74, 6) is 1.16. The van der Waals surface area contributed by atoms with Crippen molar-refractivity contribution in [2.24, 2.45) is 5.92 Å². The Kier molecular flexibility index (Phi) is 6.75. The van der Waals surface area contributed by atoms with Gasteiger partial charge < -0.3 is 19.7 Å². The van der Waals surface area contributed by atoms with Crippen LogP contribution in [-0.4, -0.2) is 38.6 Å². The minimum absolute atomic E-state index is 0.0267. The zero-order chi connectivity index (χ0) is 20.8. The van der Waals surface area contributed by atoms with Crippen molar-refractivity contribution in [3.63, 3.8) is 0 Å². The molecule has 154 valence electrons. The van der Waals surface area contributed by atoms with Gasteiger partial charge in [-0.15, -0.1) is 0 Å². The number of anilines is 1. The lowest BCUT2D eigenvalue weighted by atomic mass is 10.0. The van der Waals surface area contributed by atoms with Crippen molar-refractivity contribution in [2.75, 3.05) is 25.7 Å². The van der Waals surface area contributed by atoms with E-state index in [2.05, 4.69) is 5.32 Å². The number of nitrogens with zero attached hydrogens (tertiary/aromatic N) is 1. The summed E-state index contributed by atoms with van der Waals surface area (Å²) in [5.41, 5.74) is 1.99. The number of benzene rings is 2. The zero-order valence-electron chi connectivity index (χ0n) is 17.2. The van der Waals surface area contributed by atoms with E-state index in [1.807, 2.05) is 55.5 Å². The summed E-state index contributed by atoms with van der Waals surface area (Å²) in [7, 11) is 3.25. The highest BCUT2D eigenvalue weighted by atomic mass is 16.5. The number of nitrogens with one attached hydrogen (secondary N) is 1. The molecule has 0 aliphatic carbocycles. The van der Waals surface area contributed by atoms with Crippen LogP contribution < -0.4 is 19.7 Å². The zero-order valence-corrected chi connectivity index (χ0v) is 17.2. The van der Waals surface area contributed by atoms with Crippen LogP contribution in [0.25, 0.3) is 0 Å². The summed E-state index contributed by atoms with van der Waals surface area (Å²) >= 11 is 0. The summed E-state index contributed by atoms with van der Waals surface area (Å²) in [5, 5.41) is 3.06. The van der Waals surface area contributed by atoms with Crippen molar-refractivity contribution >= 4 is 17.5 Å². The molecule has 1 heterocycles. The van der Waals surface area contributed by atoms with Gasteiger partial charge in [-0.25, -0.2) is 0 Å². The van der Waals surface area contributed by atoms with Crippen molar-refractivity contribution in [3.8, 4) is 11.5 Å². The molecule has 0 aromatic heterocycles. The number of hydrogen-bond donors (Lipinski definition) is 1. The maximum absolute atomic E-state index is 12.6. The first kappa shape index (κ1) is 20.7. The molecular formula is C23H28N2O4. The monoisotopic (exact) mass is 396 g/mol. The highest BCUT2D eigenvalue weighted by molar-refractivity contribution is 6.00.